The Morgan fingerprint density at radius 2 is 1.81 bits per heavy atom. The minimum atomic E-state index is -3.72. The number of nitrogens with zero attached hydrogens (tertiary/aromatic N) is 1. The van der Waals surface area contributed by atoms with Crippen molar-refractivity contribution in [2.45, 2.75) is 4.90 Å². The smallest absolute Gasteiger partial charge is 0.243 e. The van der Waals surface area contributed by atoms with Gasteiger partial charge in [0.2, 0.25) is 10.0 Å². The van der Waals surface area contributed by atoms with Crippen LogP contribution in [0.1, 0.15) is 0 Å². The molecule has 1 aromatic rings. The highest BCUT2D eigenvalue weighted by Crippen LogP contribution is 2.32. The lowest BCUT2D eigenvalue weighted by Gasteiger charge is -2.27. The van der Waals surface area contributed by atoms with Gasteiger partial charge in [-0.05, 0) is 12.1 Å². The quantitative estimate of drug-likeness (QED) is 0.769. The molecule has 21 heavy (non-hydrogen) atoms. The number of benzene rings is 1. The molecule has 1 fully saturated rings. The molecule has 1 aliphatic heterocycles. The highest BCUT2D eigenvalue weighted by molar-refractivity contribution is 9.10. The van der Waals surface area contributed by atoms with Crippen LogP contribution in [0.25, 0.3) is 0 Å². The van der Waals surface area contributed by atoms with E-state index >= 15 is 0 Å². The summed E-state index contributed by atoms with van der Waals surface area (Å²) in [7, 11) is -3.72. The Bertz CT molecular complexity index is 584. The van der Waals surface area contributed by atoms with Gasteiger partial charge in [-0.2, -0.15) is 0 Å². The average molecular weight is 417 g/mol. The molecule has 1 aromatic carbocycles. The Labute approximate surface area is 143 Å². The van der Waals surface area contributed by atoms with Gasteiger partial charge in [0, 0.05) is 43.7 Å². The van der Waals surface area contributed by atoms with Crippen LogP contribution >= 0.6 is 39.1 Å². The Balaban J connectivity index is 2.01. The summed E-state index contributed by atoms with van der Waals surface area (Å²) in [4.78, 5) is 2.12. The zero-order valence-corrected chi connectivity index (χ0v) is 15.1. The van der Waals surface area contributed by atoms with Crippen LogP contribution in [0.4, 0.5) is 0 Å². The minimum absolute atomic E-state index is 0.0747. The standard InChI is InChI=1S/C12H16BrCl2N3O2S/c13-9-7-10(14)12(11(15)8-9)21(19,20)17-3-6-18-4-1-16-2-5-18/h7-8,16-17H,1-6H2. The molecule has 0 amide bonds. The Hall–Kier alpha value is 0.110. The molecule has 0 spiro atoms. The first kappa shape index (κ1) is 17.5. The van der Waals surface area contributed by atoms with Gasteiger partial charge in [-0.25, -0.2) is 13.1 Å². The zero-order chi connectivity index (χ0) is 15.5. The fraction of sp³-hybridized carbons (Fsp3) is 0.500. The maximum atomic E-state index is 12.3. The summed E-state index contributed by atoms with van der Waals surface area (Å²) >= 11 is 15.2. The van der Waals surface area contributed by atoms with Crippen LogP contribution in [0.2, 0.25) is 10.0 Å². The summed E-state index contributed by atoms with van der Waals surface area (Å²) in [5.41, 5.74) is 0. The monoisotopic (exact) mass is 415 g/mol. The predicted octanol–water partition coefficient (Wildman–Crippen LogP) is 1.94. The molecule has 0 saturated carbocycles. The first-order chi connectivity index (χ1) is 9.90. The second-order valence-corrected chi connectivity index (χ2v) is 8.12. The van der Waals surface area contributed by atoms with Crippen molar-refractivity contribution in [1.29, 1.82) is 0 Å². The molecule has 1 heterocycles. The van der Waals surface area contributed by atoms with E-state index in [1.54, 1.807) is 0 Å². The molecule has 2 rings (SSSR count). The lowest BCUT2D eigenvalue weighted by atomic mass is 10.3. The van der Waals surface area contributed by atoms with Crippen LogP contribution in [0.3, 0.4) is 0 Å². The van der Waals surface area contributed by atoms with Gasteiger partial charge in [0.1, 0.15) is 4.90 Å². The number of hydrogen-bond donors (Lipinski definition) is 2. The normalized spacial score (nSPS) is 17.1. The van der Waals surface area contributed by atoms with Crippen LogP contribution in [0.5, 0.6) is 0 Å². The third-order valence-corrected chi connectivity index (χ3v) is 6.00. The third-order valence-electron chi connectivity index (χ3n) is 3.16. The van der Waals surface area contributed by atoms with Crippen LogP contribution in [0.15, 0.2) is 21.5 Å². The summed E-state index contributed by atoms with van der Waals surface area (Å²) in [6, 6.07) is 3.02. The summed E-state index contributed by atoms with van der Waals surface area (Å²) < 4.78 is 27.8. The van der Waals surface area contributed by atoms with Gasteiger partial charge in [0.15, 0.2) is 0 Å². The largest absolute Gasteiger partial charge is 0.314 e. The molecule has 0 unspecified atom stereocenters. The number of hydrogen-bond acceptors (Lipinski definition) is 4. The summed E-state index contributed by atoms with van der Waals surface area (Å²) in [6.07, 6.45) is 0. The van der Waals surface area contributed by atoms with Gasteiger partial charge in [-0.3, -0.25) is 4.90 Å². The van der Waals surface area contributed by atoms with Gasteiger partial charge in [0.25, 0.3) is 0 Å². The van der Waals surface area contributed by atoms with E-state index < -0.39 is 10.0 Å². The van der Waals surface area contributed by atoms with E-state index in [2.05, 4.69) is 30.9 Å². The third kappa shape index (κ3) is 4.79. The van der Waals surface area contributed by atoms with E-state index in [1.165, 1.54) is 12.1 Å². The summed E-state index contributed by atoms with van der Waals surface area (Å²) in [5.74, 6) is 0. The lowest BCUT2D eigenvalue weighted by molar-refractivity contribution is 0.245. The highest BCUT2D eigenvalue weighted by atomic mass is 79.9. The van der Waals surface area contributed by atoms with E-state index in [4.69, 9.17) is 23.2 Å². The van der Waals surface area contributed by atoms with Crippen LogP contribution in [-0.2, 0) is 10.0 Å². The van der Waals surface area contributed by atoms with Crippen molar-refractivity contribution in [2.75, 3.05) is 39.3 Å². The van der Waals surface area contributed by atoms with Gasteiger partial charge in [-0.1, -0.05) is 39.1 Å². The molecule has 0 radical (unpaired) electrons. The lowest BCUT2D eigenvalue weighted by Crippen LogP contribution is -2.46. The van der Waals surface area contributed by atoms with E-state index in [1.807, 2.05) is 0 Å². The SMILES string of the molecule is O=S(=O)(NCCN1CCNCC1)c1c(Cl)cc(Br)cc1Cl. The minimum Gasteiger partial charge on any atom is -0.314 e. The second-order valence-electron chi connectivity index (χ2n) is 4.69. The predicted molar refractivity (Wildman–Crippen MR) is 88.7 cm³/mol. The number of piperazine rings is 1. The van der Waals surface area contributed by atoms with Gasteiger partial charge in [0.05, 0.1) is 10.0 Å². The van der Waals surface area contributed by atoms with Gasteiger partial charge in [-0.15, -0.1) is 0 Å². The summed E-state index contributed by atoms with van der Waals surface area (Å²) in [6.45, 7) is 4.68. The molecular formula is C12H16BrCl2N3O2S. The Morgan fingerprint density at radius 1 is 1.24 bits per heavy atom. The fourth-order valence-corrected chi connectivity index (χ4v) is 5.08. The van der Waals surface area contributed by atoms with Crippen LogP contribution in [-0.4, -0.2) is 52.6 Å². The number of nitrogens with one attached hydrogen (secondary N) is 2. The van der Waals surface area contributed by atoms with Crippen molar-refractivity contribution in [3.8, 4) is 0 Å². The maximum absolute atomic E-state index is 12.3. The molecule has 1 saturated heterocycles. The number of rotatable bonds is 5. The molecule has 5 nitrogen and oxygen atoms in total. The number of sulfonamides is 1. The molecule has 0 aromatic heterocycles. The molecule has 2 N–H and O–H groups in total. The van der Waals surface area contributed by atoms with E-state index in [0.29, 0.717) is 17.6 Å². The molecule has 118 valence electrons. The molecule has 0 bridgehead atoms. The zero-order valence-electron chi connectivity index (χ0n) is 11.2. The van der Waals surface area contributed by atoms with Crippen molar-refractivity contribution >= 4 is 49.2 Å². The average Bonchev–Trinajstić information content (AvgIpc) is 2.38. The van der Waals surface area contributed by atoms with Gasteiger partial charge < -0.3 is 5.32 Å². The molecule has 1 aliphatic rings. The summed E-state index contributed by atoms with van der Waals surface area (Å²) in [5, 5.41) is 3.45. The molecular weight excluding hydrogens is 401 g/mol. The van der Waals surface area contributed by atoms with E-state index in [-0.39, 0.29) is 14.9 Å². The molecule has 9 heteroatoms. The van der Waals surface area contributed by atoms with E-state index in [0.717, 1.165) is 26.2 Å². The van der Waals surface area contributed by atoms with Crippen LogP contribution in [0, 0.1) is 0 Å². The van der Waals surface area contributed by atoms with Crippen molar-refractivity contribution in [3.63, 3.8) is 0 Å². The van der Waals surface area contributed by atoms with E-state index in [9.17, 15) is 8.42 Å². The highest BCUT2D eigenvalue weighted by Gasteiger charge is 2.22. The Morgan fingerprint density at radius 3 is 2.38 bits per heavy atom. The van der Waals surface area contributed by atoms with Crippen molar-refractivity contribution in [3.05, 3.63) is 26.7 Å². The maximum Gasteiger partial charge on any atom is 0.243 e. The molecule has 0 aliphatic carbocycles. The van der Waals surface area contributed by atoms with Crippen molar-refractivity contribution < 1.29 is 8.42 Å². The number of halogens is 3. The van der Waals surface area contributed by atoms with Crippen molar-refractivity contribution in [1.82, 2.24) is 14.9 Å². The first-order valence-corrected chi connectivity index (χ1v) is 9.50. The fourth-order valence-electron chi connectivity index (χ4n) is 2.13. The van der Waals surface area contributed by atoms with Gasteiger partial charge >= 0.3 is 0 Å². The Kier molecular flexibility index (Phi) is 6.31. The molecule has 0 atom stereocenters. The first-order valence-electron chi connectivity index (χ1n) is 6.47. The van der Waals surface area contributed by atoms with Crippen molar-refractivity contribution in [2.24, 2.45) is 0 Å². The second kappa shape index (κ2) is 7.59. The van der Waals surface area contributed by atoms with Crippen LogP contribution < -0.4 is 10.0 Å². The topological polar surface area (TPSA) is 61.4 Å².